The average molecular weight is 398 g/mol. The molecule has 5 rings (SSSR count). The molecule has 0 bridgehead atoms. The first kappa shape index (κ1) is 17.5. The van der Waals surface area contributed by atoms with Gasteiger partial charge in [0.2, 0.25) is 5.91 Å². The lowest BCUT2D eigenvalue weighted by Crippen LogP contribution is -2.45. The standard InChI is InChI=1S/C21H20ClN3O3/c22-15-5-3-14(4-6-15)21(9-10-21)19(26)24-12-7-16(8-13-24)25-18-17(28-20(25)27)2-1-11-23-18/h1-6,11,16H,7-10,12-13H2. The second-order valence-electron chi connectivity index (χ2n) is 7.68. The van der Waals surface area contributed by atoms with Crippen LogP contribution >= 0.6 is 11.6 Å². The molecule has 3 aromatic rings. The molecule has 0 spiro atoms. The van der Waals surface area contributed by atoms with Crippen molar-refractivity contribution in [2.24, 2.45) is 0 Å². The lowest BCUT2D eigenvalue weighted by Gasteiger charge is -2.34. The van der Waals surface area contributed by atoms with E-state index in [9.17, 15) is 9.59 Å². The lowest BCUT2D eigenvalue weighted by molar-refractivity contribution is -0.135. The number of likely N-dealkylation sites (tertiary alicyclic amines) is 1. The van der Waals surface area contributed by atoms with Gasteiger partial charge in [-0.15, -0.1) is 0 Å². The molecular formula is C21H20ClN3O3. The number of benzene rings is 1. The Kier molecular flexibility index (Phi) is 4.05. The number of pyridine rings is 1. The van der Waals surface area contributed by atoms with E-state index in [0.29, 0.717) is 42.2 Å². The van der Waals surface area contributed by atoms with Crippen LogP contribution in [0.1, 0.15) is 37.3 Å². The summed E-state index contributed by atoms with van der Waals surface area (Å²) in [4.78, 5) is 31.8. The highest BCUT2D eigenvalue weighted by atomic mass is 35.5. The number of rotatable bonds is 3. The summed E-state index contributed by atoms with van der Waals surface area (Å²) in [5.74, 6) is -0.186. The summed E-state index contributed by atoms with van der Waals surface area (Å²) in [6.07, 6.45) is 4.85. The van der Waals surface area contributed by atoms with E-state index in [4.69, 9.17) is 16.0 Å². The zero-order valence-corrected chi connectivity index (χ0v) is 16.1. The van der Waals surface area contributed by atoms with Crippen LogP contribution in [0.15, 0.2) is 51.8 Å². The molecule has 1 saturated heterocycles. The molecule has 1 saturated carbocycles. The minimum Gasteiger partial charge on any atom is -0.406 e. The summed E-state index contributed by atoms with van der Waals surface area (Å²) < 4.78 is 6.95. The minimum absolute atomic E-state index is 0.00150. The van der Waals surface area contributed by atoms with Gasteiger partial charge in [0.15, 0.2) is 11.2 Å². The van der Waals surface area contributed by atoms with E-state index in [1.54, 1.807) is 22.9 Å². The highest BCUT2D eigenvalue weighted by molar-refractivity contribution is 6.30. The lowest BCUT2D eigenvalue weighted by atomic mass is 9.93. The Morgan fingerprint density at radius 2 is 1.86 bits per heavy atom. The van der Waals surface area contributed by atoms with Gasteiger partial charge in [0, 0.05) is 30.4 Å². The average Bonchev–Trinajstić information content (AvgIpc) is 3.45. The summed E-state index contributed by atoms with van der Waals surface area (Å²) in [5, 5.41) is 0.680. The van der Waals surface area contributed by atoms with Gasteiger partial charge in [-0.3, -0.25) is 9.36 Å². The van der Waals surface area contributed by atoms with Gasteiger partial charge in [-0.25, -0.2) is 9.78 Å². The van der Waals surface area contributed by atoms with E-state index < -0.39 is 5.41 Å². The maximum absolute atomic E-state index is 13.2. The van der Waals surface area contributed by atoms with Crippen molar-refractivity contribution in [3.63, 3.8) is 0 Å². The number of amides is 1. The molecule has 2 aliphatic rings. The van der Waals surface area contributed by atoms with Crippen molar-refractivity contribution in [3.05, 3.63) is 63.7 Å². The zero-order valence-electron chi connectivity index (χ0n) is 15.3. The third-order valence-corrected chi connectivity index (χ3v) is 6.30. The molecule has 0 unspecified atom stereocenters. The molecule has 1 amide bonds. The largest absolute Gasteiger partial charge is 0.421 e. The normalized spacial score (nSPS) is 19.1. The van der Waals surface area contributed by atoms with Crippen molar-refractivity contribution in [2.45, 2.75) is 37.1 Å². The van der Waals surface area contributed by atoms with Gasteiger partial charge in [-0.2, -0.15) is 0 Å². The predicted octanol–water partition coefficient (Wildman–Crippen LogP) is 3.54. The zero-order chi connectivity index (χ0) is 19.3. The van der Waals surface area contributed by atoms with E-state index in [1.165, 1.54) is 0 Å². The van der Waals surface area contributed by atoms with Gasteiger partial charge >= 0.3 is 5.76 Å². The van der Waals surface area contributed by atoms with E-state index >= 15 is 0 Å². The summed E-state index contributed by atoms with van der Waals surface area (Å²) in [5.41, 5.74) is 1.74. The van der Waals surface area contributed by atoms with Crippen molar-refractivity contribution in [3.8, 4) is 0 Å². The summed E-state index contributed by atoms with van der Waals surface area (Å²) in [7, 11) is 0. The van der Waals surface area contributed by atoms with Crippen LogP contribution in [0.3, 0.4) is 0 Å². The maximum atomic E-state index is 13.2. The highest BCUT2D eigenvalue weighted by Gasteiger charge is 2.53. The Labute approximate surface area is 166 Å². The molecule has 144 valence electrons. The molecular weight excluding hydrogens is 378 g/mol. The third-order valence-electron chi connectivity index (χ3n) is 6.05. The topological polar surface area (TPSA) is 68.3 Å². The second kappa shape index (κ2) is 6.48. The van der Waals surface area contributed by atoms with Crippen molar-refractivity contribution in [2.75, 3.05) is 13.1 Å². The first-order valence-electron chi connectivity index (χ1n) is 9.60. The van der Waals surface area contributed by atoms with E-state index in [0.717, 1.165) is 18.4 Å². The number of halogens is 1. The third kappa shape index (κ3) is 2.75. The second-order valence-corrected chi connectivity index (χ2v) is 8.11. The van der Waals surface area contributed by atoms with Crippen molar-refractivity contribution < 1.29 is 9.21 Å². The number of fused-ring (bicyclic) bond motifs is 1. The molecule has 0 atom stereocenters. The minimum atomic E-state index is -0.391. The molecule has 6 nitrogen and oxygen atoms in total. The van der Waals surface area contributed by atoms with Gasteiger partial charge in [-0.1, -0.05) is 23.7 Å². The van der Waals surface area contributed by atoms with Gasteiger partial charge in [-0.05, 0) is 55.5 Å². The van der Waals surface area contributed by atoms with Crippen LogP contribution in [0.25, 0.3) is 11.2 Å². The number of oxazole rings is 1. The van der Waals surface area contributed by atoms with Crippen LogP contribution in [0.5, 0.6) is 0 Å². The number of hydrogen-bond acceptors (Lipinski definition) is 4. The fraction of sp³-hybridized carbons (Fsp3) is 0.381. The molecule has 3 heterocycles. The van der Waals surface area contributed by atoms with Crippen LogP contribution in [0, 0.1) is 0 Å². The van der Waals surface area contributed by atoms with Crippen LogP contribution in [-0.4, -0.2) is 33.4 Å². The van der Waals surface area contributed by atoms with E-state index in [2.05, 4.69) is 4.98 Å². The molecule has 1 aliphatic carbocycles. The fourth-order valence-electron chi connectivity index (χ4n) is 4.34. The molecule has 1 aliphatic heterocycles. The van der Waals surface area contributed by atoms with Crippen molar-refractivity contribution in [1.29, 1.82) is 0 Å². The molecule has 0 radical (unpaired) electrons. The Morgan fingerprint density at radius 3 is 2.54 bits per heavy atom. The fourth-order valence-corrected chi connectivity index (χ4v) is 4.47. The van der Waals surface area contributed by atoms with Crippen LogP contribution in [-0.2, 0) is 10.2 Å². The monoisotopic (exact) mass is 397 g/mol. The van der Waals surface area contributed by atoms with Crippen LogP contribution < -0.4 is 5.76 Å². The number of carbonyl (C=O) groups excluding carboxylic acids is 1. The number of piperidine rings is 1. The summed E-state index contributed by atoms with van der Waals surface area (Å²) >= 11 is 5.99. The maximum Gasteiger partial charge on any atom is 0.421 e. The van der Waals surface area contributed by atoms with Gasteiger partial charge in [0.1, 0.15) is 0 Å². The first-order valence-corrected chi connectivity index (χ1v) is 9.98. The Balaban J connectivity index is 1.33. The number of carbonyl (C=O) groups is 1. The number of hydrogen-bond donors (Lipinski definition) is 0. The molecule has 2 fully saturated rings. The number of nitrogens with zero attached hydrogens (tertiary/aromatic N) is 3. The Hall–Kier alpha value is -2.60. The van der Waals surface area contributed by atoms with Crippen molar-refractivity contribution in [1.82, 2.24) is 14.5 Å². The van der Waals surface area contributed by atoms with Crippen LogP contribution in [0.4, 0.5) is 0 Å². The predicted molar refractivity (Wildman–Crippen MR) is 105 cm³/mol. The van der Waals surface area contributed by atoms with Gasteiger partial charge in [0.05, 0.1) is 5.41 Å². The molecule has 7 heteroatoms. The Bertz CT molecular complexity index is 1090. The molecule has 28 heavy (non-hydrogen) atoms. The first-order chi connectivity index (χ1) is 13.6. The quantitative estimate of drug-likeness (QED) is 0.677. The SMILES string of the molecule is O=C(N1CCC(n2c(=O)oc3cccnc32)CC1)C1(c2ccc(Cl)cc2)CC1. The van der Waals surface area contributed by atoms with E-state index in [1.807, 2.05) is 29.2 Å². The smallest absolute Gasteiger partial charge is 0.406 e. The van der Waals surface area contributed by atoms with Gasteiger partial charge in [0.25, 0.3) is 0 Å². The molecule has 2 aromatic heterocycles. The van der Waals surface area contributed by atoms with Crippen LogP contribution in [0.2, 0.25) is 5.02 Å². The van der Waals surface area contributed by atoms with E-state index in [-0.39, 0.29) is 17.7 Å². The summed E-state index contributed by atoms with van der Waals surface area (Å²) in [6, 6.07) is 11.1. The molecule has 1 aromatic carbocycles. The van der Waals surface area contributed by atoms with Crippen molar-refractivity contribution >= 4 is 28.7 Å². The summed E-state index contributed by atoms with van der Waals surface area (Å²) in [6.45, 7) is 1.26. The number of aromatic nitrogens is 2. The highest BCUT2D eigenvalue weighted by Crippen LogP contribution is 2.50. The molecule has 0 N–H and O–H groups in total. The van der Waals surface area contributed by atoms with Gasteiger partial charge < -0.3 is 9.32 Å². The Morgan fingerprint density at radius 1 is 1.14 bits per heavy atom.